The second-order valence-electron chi connectivity index (χ2n) is 10.6. The largest absolute Gasteiger partial charge is 0.461 e. The fraction of sp³-hybridized carbons (Fsp3) is 0.720. The zero-order valence-electron chi connectivity index (χ0n) is 19.0. The number of ether oxygens (including phenoxy) is 1. The van der Waals surface area contributed by atoms with Crippen molar-refractivity contribution in [3.8, 4) is 0 Å². The highest BCUT2D eigenvalue weighted by Crippen LogP contribution is 2.61. The second kappa shape index (κ2) is 7.49. The molecule has 0 radical (unpaired) electrons. The number of ketones is 1. The number of aromatic amines is 1. The first-order chi connectivity index (χ1) is 14.8. The number of rotatable bonds is 7. The molecule has 1 aromatic rings. The van der Waals surface area contributed by atoms with Crippen LogP contribution in [0.15, 0.2) is 0 Å². The Morgan fingerprint density at radius 1 is 1.03 bits per heavy atom. The number of aryl methyl sites for hydroxylation is 1. The quantitative estimate of drug-likeness (QED) is 0.523. The van der Waals surface area contributed by atoms with E-state index in [-0.39, 0.29) is 36.3 Å². The summed E-state index contributed by atoms with van der Waals surface area (Å²) in [5.41, 5.74) is 1.94. The van der Waals surface area contributed by atoms with Gasteiger partial charge in [0.05, 0.1) is 18.6 Å². The summed E-state index contributed by atoms with van der Waals surface area (Å²) in [5.74, 6) is 1.83. The van der Waals surface area contributed by atoms with Crippen molar-refractivity contribution in [1.82, 2.24) is 9.88 Å². The van der Waals surface area contributed by atoms with Crippen molar-refractivity contribution in [2.45, 2.75) is 78.2 Å². The molecule has 4 bridgehead atoms. The van der Waals surface area contributed by atoms with Gasteiger partial charge in [0.1, 0.15) is 5.69 Å². The van der Waals surface area contributed by atoms with Crippen LogP contribution in [0.1, 0.15) is 90.4 Å². The molecule has 5 aliphatic rings. The molecule has 6 heteroatoms. The van der Waals surface area contributed by atoms with Crippen LogP contribution in [0.4, 0.5) is 0 Å². The Morgan fingerprint density at radius 3 is 2.13 bits per heavy atom. The Labute approximate surface area is 184 Å². The minimum absolute atomic E-state index is 0.0771. The molecule has 5 saturated carbocycles. The maximum absolute atomic E-state index is 13.9. The lowest BCUT2D eigenvalue weighted by atomic mass is 9.49. The van der Waals surface area contributed by atoms with E-state index >= 15 is 0 Å². The monoisotopic (exact) mass is 426 g/mol. The minimum Gasteiger partial charge on any atom is -0.461 e. The van der Waals surface area contributed by atoms with Crippen LogP contribution >= 0.6 is 0 Å². The van der Waals surface area contributed by atoms with Gasteiger partial charge in [-0.3, -0.25) is 9.59 Å². The van der Waals surface area contributed by atoms with Gasteiger partial charge in [0.25, 0.3) is 0 Å². The summed E-state index contributed by atoms with van der Waals surface area (Å²) in [5, 5.41) is 0. The maximum atomic E-state index is 13.9. The van der Waals surface area contributed by atoms with Gasteiger partial charge in [-0.05, 0) is 95.5 Å². The van der Waals surface area contributed by atoms with E-state index in [1.54, 1.807) is 13.8 Å². The van der Waals surface area contributed by atoms with Gasteiger partial charge in [-0.2, -0.15) is 0 Å². The molecule has 31 heavy (non-hydrogen) atoms. The Balaban J connectivity index is 1.38. The van der Waals surface area contributed by atoms with Gasteiger partial charge < -0.3 is 14.6 Å². The summed E-state index contributed by atoms with van der Waals surface area (Å²) in [6.07, 6.45) is 8.93. The number of Topliss-reactive ketones (excluding diaryl/α,β-unsaturated/α-hetero) is 1. The smallest absolute Gasteiger partial charge is 0.355 e. The van der Waals surface area contributed by atoms with Gasteiger partial charge in [0.15, 0.2) is 5.78 Å². The molecule has 0 saturated heterocycles. The summed E-state index contributed by atoms with van der Waals surface area (Å²) in [7, 11) is 0. The van der Waals surface area contributed by atoms with Gasteiger partial charge >= 0.3 is 5.97 Å². The molecule has 6 rings (SSSR count). The fourth-order valence-corrected chi connectivity index (χ4v) is 7.24. The van der Waals surface area contributed by atoms with Crippen molar-refractivity contribution in [2.75, 3.05) is 13.2 Å². The number of aromatic nitrogens is 1. The average Bonchev–Trinajstić information content (AvgIpc) is 3.49. The molecule has 1 aromatic heterocycles. The molecule has 0 aliphatic heterocycles. The normalized spacial score (nSPS) is 31.0. The number of carbonyl (C=O) groups excluding carboxylic acids is 3. The Hall–Kier alpha value is -2.11. The number of hydrogen-bond donors (Lipinski definition) is 1. The summed E-state index contributed by atoms with van der Waals surface area (Å²) >= 11 is 0. The third kappa shape index (κ3) is 3.52. The third-order valence-electron chi connectivity index (χ3n) is 8.25. The molecular formula is C25H34N2O4. The van der Waals surface area contributed by atoms with Crippen molar-refractivity contribution in [3.05, 3.63) is 22.5 Å². The Morgan fingerprint density at radius 2 is 1.61 bits per heavy atom. The first kappa shape index (κ1) is 20.8. The lowest BCUT2D eigenvalue weighted by Gasteiger charge is -2.56. The highest BCUT2D eigenvalue weighted by atomic mass is 16.5. The summed E-state index contributed by atoms with van der Waals surface area (Å²) in [6, 6.07) is 0.202. The minimum atomic E-state index is -0.439. The predicted octanol–water partition coefficient (Wildman–Crippen LogP) is 4.20. The van der Waals surface area contributed by atoms with E-state index in [0.29, 0.717) is 40.3 Å². The molecule has 1 heterocycles. The first-order valence-corrected chi connectivity index (χ1v) is 12.0. The van der Waals surface area contributed by atoms with Crippen molar-refractivity contribution in [2.24, 2.45) is 23.2 Å². The van der Waals surface area contributed by atoms with E-state index in [0.717, 1.165) is 32.1 Å². The number of esters is 1. The standard InChI is InChI=1S/C25H34N2O4/c1-4-31-23(29)22-14(2)21(15(3)26-22)20(28)13-27(19-5-6-19)24(30)25-10-16-7-17(11-25)9-18(8-16)12-25/h16-19,26H,4-13H2,1-3H3. The fourth-order valence-electron chi connectivity index (χ4n) is 7.24. The third-order valence-corrected chi connectivity index (χ3v) is 8.25. The number of amides is 1. The number of hydrogen-bond acceptors (Lipinski definition) is 4. The second-order valence-corrected chi connectivity index (χ2v) is 10.6. The van der Waals surface area contributed by atoms with E-state index in [4.69, 9.17) is 4.74 Å². The van der Waals surface area contributed by atoms with Crippen LogP contribution in [0.3, 0.4) is 0 Å². The molecule has 168 valence electrons. The van der Waals surface area contributed by atoms with E-state index in [9.17, 15) is 14.4 Å². The molecular weight excluding hydrogens is 392 g/mol. The lowest BCUT2D eigenvalue weighted by Crippen LogP contribution is -2.55. The Bertz CT molecular complexity index is 891. The Kier molecular flexibility index (Phi) is 5.02. The topological polar surface area (TPSA) is 79.5 Å². The first-order valence-electron chi connectivity index (χ1n) is 12.0. The summed E-state index contributed by atoms with van der Waals surface area (Å²) < 4.78 is 5.12. The van der Waals surface area contributed by atoms with Crippen molar-refractivity contribution >= 4 is 17.7 Å². The molecule has 5 fully saturated rings. The molecule has 0 atom stereocenters. The zero-order chi connectivity index (χ0) is 21.9. The van der Waals surface area contributed by atoms with Crippen LogP contribution in [0.5, 0.6) is 0 Å². The van der Waals surface area contributed by atoms with E-state index in [2.05, 4.69) is 4.98 Å². The molecule has 6 nitrogen and oxygen atoms in total. The number of nitrogens with zero attached hydrogens (tertiary/aromatic N) is 1. The average molecular weight is 427 g/mol. The van der Waals surface area contributed by atoms with Gasteiger partial charge in [-0.25, -0.2) is 4.79 Å². The summed E-state index contributed by atoms with van der Waals surface area (Å²) in [6.45, 7) is 5.76. The van der Waals surface area contributed by atoms with Crippen LogP contribution in [-0.4, -0.2) is 46.7 Å². The van der Waals surface area contributed by atoms with Crippen LogP contribution in [-0.2, 0) is 9.53 Å². The highest BCUT2D eigenvalue weighted by Gasteiger charge is 2.56. The molecule has 0 unspecified atom stereocenters. The van der Waals surface area contributed by atoms with E-state index in [1.165, 1.54) is 19.3 Å². The number of nitrogens with one attached hydrogen (secondary N) is 1. The zero-order valence-corrected chi connectivity index (χ0v) is 19.0. The SMILES string of the molecule is CCOC(=O)c1[nH]c(C)c(C(=O)CN(C(=O)C23CC4CC(CC(C4)C2)C3)C2CC2)c1C. The van der Waals surface area contributed by atoms with Crippen LogP contribution in [0.2, 0.25) is 0 Å². The van der Waals surface area contributed by atoms with E-state index in [1.807, 2.05) is 11.8 Å². The van der Waals surface area contributed by atoms with Gasteiger partial charge in [0.2, 0.25) is 5.91 Å². The van der Waals surface area contributed by atoms with Crippen molar-refractivity contribution in [1.29, 1.82) is 0 Å². The molecule has 0 spiro atoms. The van der Waals surface area contributed by atoms with Gasteiger partial charge in [-0.15, -0.1) is 0 Å². The number of carbonyl (C=O) groups is 3. The van der Waals surface area contributed by atoms with Gasteiger partial charge in [0, 0.05) is 17.3 Å². The van der Waals surface area contributed by atoms with Crippen LogP contribution in [0, 0.1) is 37.0 Å². The molecule has 1 N–H and O–H groups in total. The lowest BCUT2D eigenvalue weighted by molar-refractivity contribution is -0.157. The van der Waals surface area contributed by atoms with Crippen molar-refractivity contribution in [3.63, 3.8) is 0 Å². The predicted molar refractivity (Wildman–Crippen MR) is 116 cm³/mol. The van der Waals surface area contributed by atoms with Gasteiger partial charge in [-0.1, -0.05) is 0 Å². The molecule has 0 aromatic carbocycles. The van der Waals surface area contributed by atoms with Crippen LogP contribution in [0.25, 0.3) is 0 Å². The molecule has 5 aliphatic carbocycles. The number of H-pyrrole nitrogens is 1. The van der Waals surface area contributed by atoms with E-state index < -0.39 is 5.97 Å². The molecule has 1 amide bonds. The van der Waals surface area contributed by atoms with Crippen LogP contribution < -0.4 is 0 Å². The van der Waals surface area contributed by atoms with Crippen molar-refractivity contribution < 1.29 is 19.1 Å². The maximum Gasteiger partial charge on any atom is 0.355 e. The summed E-state index contributed by atoms with van der Waals surface area (Å²) in [4.78, 5) is 44.5. The highest BCUT2D eigenvalue weighted by molar-refractivity contribution is 6.04.